The summed E-state index contributed by atoms with van der Waals surface area (Å²) in [5.74, 6) is -0.835. The fraction of sp³-hybridized carbons (Fsp3) is 0.407. The van der Waals surface area contributed by atoms with Gasteiger partial charge in [0.25, 0.3) is 0 Å². The van der Waals surface area contributed by atoms with Crippen LogP contribution in [0.2, 0.25) is 0 Å². The van der Waals surface area contributed by atoms with Gasteiger partial charge in [0.1, 0.15) is 23.4 Å². The van der Waals surface area contributed by atoms with E-state index >= 15 is 0 Å². The number of hydrogen-bond acceptors (Lipinski definition) is 7. The number of nitrogens with one attached hydrogen (secondary N) is 1. The molecule has 0 radical (unpaired) electrons. The number of β-amino-alcohol motifs (C(OH)–C–C–N with tert-alkyl or cyclic N) is 1. The van der Waals surface area contributed by atoms with E-state index in [4.69, 9.17) is 4.52 Å². The molecule has 1 aliphatic heterocycles. The number of likely N-dealkylation sites (tertiary alicyclic amines) is 1. The zero-order chi connectivity index (χ0) is 26.0. The van der Waals surface area contributed by atoms with E-state index in [1.807, 2.05) is 57.5 Å². The lowest BCUT2D eigenvalue weighted by Gasteiger charge is -2.29. The Balaban J connectivity index is 1.48. The number of rotatable bonds is 8. The van der Waals surface area contributed by atoms with Crippen molar-refractivity contribution in [2.45, 2.75) is 58.2 Å². The molecule has 0 saturated carbocycles. The van der Waals surface area contributed by atoms with Crippen LogP contribution in [-0.2, 0) is 9.59 Å². The summed E-state index contributed by atoms with van der Waals surface area (Å²) >= 11 is 1.60. The molecule has 1 saturated heterocycles. The molecule has 2 amide bonds. The summed E-state index contributed by atoms with van der Waals surface area (Å²) in [5.41, 5.74) is 5.40. The molecule has 2 aromatic heterocycles. The van der Waals surface area contributed by atoms with Gasteiger partial charge in [-0.05, 0) is 37.0 Å². The predicted octanol–water partition coefficient (Wildman–Crippen LogP) is 4.33. The molecule has 36 heavy (non-hydrogen) atoms. The minimum Gasteiger partial charge on any atom is -0.391 e. The molecule has 4 rings (SSSR count). The van der Waals surface area contributed by atoms with E-state index in [2.05, 4.69) is 22.0 Å². The molecule has 0 bridgehead atoms. The summed E-state index contributed by atoms with van der Waals surface area (Å²) in [6, 6.07) is 8.68. The number of carbonyl (C=O) groups is 2. The van der Waals surface area contributed by atoms with Crippen LogP contribution in [0.15, 0.2) is 46.9 Å². The summed E-state index contributed by atoms with van der Waals surface area (Å²) in [4.78, 5) is 33.8. The fourth-order valence-corrected chi connectivity index (χ4v) is 5.47. The highest BCUT2D eigenvalue weighted by molar-refractivity contribution is 7.13. The first-order valence-electron chi connectivity index (χ1n) is 12.1. The number of hydrogen-bond donors (Lipinski definition) is 2. The summed E-state index contributed by atoms with van der Waals surface area (Å²) < 4.78 is 5.41. The Morgan fingerprint density at radius 2 is 2.00 bits per heavy atom. The predicted molar refractivity (Wildman–Crippen MR) is 139 cm³/mol. The average molecular weight is 509 g/mol. The van der Waals surface area contributed by atoms with Crippen molar-refractivity contribution >= 4 is 29.2 Å². The van der Waals surface area contributed by atoms with Gasteiger partial charge in [0.15, 0.2) is 0 Å². The molecule has 0 unspecified atom stereocenters. The second-order valence-electron chi connectivity index (χ2n) is 9.60. The maximum Gasteiger partial charge on any atom is 0.243 e. The van der Waals surface area contributed by atoms with E-state index in [9.17, 15) is 14.7 Å². The van der Waals surface area contributed by atoms with Gasteiger partial charge in [-0.25, -0.2) is 4.98 Å². The number of amides is 2. The number of aliphatic hydroxyl groups is 1. The molecular formula is C27H32N4O4S. The maximum absolute atomic E-state index is 13.6. The lowest BCUT2D eigenvalue weighted by molar-refractivity contribution is -0.141. The molecule has 190 valence electrons. The highest BCUT2D eigenvalue weighted by atomic mass is 32.1. The normalized spacial score (nSPS) is 19.3. The molecule has 0 spiro atoms. The molecule has 2 N–H and O–H groups in total. The average Bonchev–Trinajstić information content (AvgIpc) is 3.58. The maximum atomic E-state index is 13.6. The third-order valence-electron chi connectivity index (χ3n) is 6.64. The van der Waals surface area contributed by atoms with E-state index in [1.54, 1.807) is 23.5 Å². The molecule has 0 aliphatic carbocycles. The van der Waals surface area contributed by atoms with Gasteiger partial charge in [0, 0.05) is 19.0 Å². The van der Waals surface area contributed by atoms with Crippen molar-refractivity contribution in [1.82, 2.24) is 20.4 Å². The second-order valence-corrected chi connectivity index (χ2v) is 10.4. The van der Waals surface area contributed by atoms with Crippen LogP contribution < -0.4 is 5.32 Å². The van der Waals surface area contributed by atoms with Gasteiger partial charge in [0.2, 0.25) is 11.8 Å². The van der Waals surface area contributed by atoms with E-state index in [1.165, 1.54) is 4.90 Å². The molecule has 3 aromatic rings. The third kappa shape index (κ3) is 5.27. The van der Waals surface area contributed by atoms with Crippen molar-refractivity contribution < 1.29 is 19.2 Å². The van der Waals surface area contributed by atoms with Gasteiger partial charge in [-0.1, -0.05) is 49.8 Å². The molecule has 1 aromatic carbocycles. The smallest absolute Gasteiger partial charge is 0.243 e. The number of aryl methyl sites for hydroxylation is 1. The number of nitrogens with zero attached hydrogens (tertiary/aromatic N) is 3. The first kappa shape index (κ1) is 25.8. The fourth-order valence-electron chi connectivity index (χ4n) is 4.66. The zero-order valence-corrected chi connectivity index (χ0v) is 21.8. The first-order valence-corrected chi connectivity index (χ1v) is 13.0. The van der Waals surface area contributed by atoms with Crippen LogP contribution in [0.4, 0.5) is 0 Å². The van der Waals surface area contributed by atoms with Crippen LogP contribution in [0.3, 0.4) is 0 Å². The molecule has 1 aliphatic rings. The van der Waals surface area contributed by atoms with Gasteiger partial charge in [-0.15, -0.1) is 11.3 Å². The number of carbonyl (C=O) groups excluding carboxylic acids is 2. The minimum atomic E-state index is -0.770. The Morgan fingerprint density at radius 1 is 1.28 bits per heavy atom. The third-order valence-corrected chi connectivity index (χ3v) is 7.61. The van der Waals surface area contributed by atoms with Gasteiger partial charge < -0.3 is 19.8 Å². The quantitative estimate of drug-likeness (QED) is 0.469. The Labute approximate surface area is 215 Å². The van der Waals surface area contributed by atoms with E-state index in [0.717, 1.165) is 21.7 Å². The van der Waals surface area contributed by atoms with Crippen LogP contribution in [0.1, 0.15) is 61.9 Å². The van der Waals surface area contributed by atoms with Crippen LogP contribution >= 0.6 is 11.3 Å². The number of thiazole rings is 1. The molecule has 9 heteroatoms. The molecular weight excluding hydrogens is 476 g/mol. The largest absolute Gasteiger partial charge is 0.391 e. The highest BCUT2D eigenvalue weighted by Gasteiger charge is 2.43. The molecule has 1 fully saturated rings. The summed E-state index contributed by atoms with van der Waals surface area (Å²) in [7, 11) is 0. The highest BCUT2D eigenvalue weighted by Crippen LogP contribution is 2.32. The summed E-state index contributed by atoms with van der Waals surface area (Å²) in [5, 5.41) is 17.3. The van der Waals surface area contributed by atoms with E-state index < -0.39 is 18.1 Å². The van der Waals surface area contributed by atoms with Crippen LogP contribution in [-0.4, -0.2) is 50.7 Å². The monoisotopic (exact) mass is 508 g/mol. The Kier molecular flexibility index (Phi) is 7.70. The van der Waals surface area contributed by atoms with Crippen molar-refractivity contribution in [3.8, 4) is 10.4 Å². The van der Waals surface area contributed by atoms with Crippen molar-refractivity contribution in [3.05, 3.63) is 65.1 Å². The summed E-state index contributed by atoms with van der Waals surface area (Å²) in [6.07, 6.45) is 0.970. The van der Waals surface area contributed by atoms with Crippen LogP contribution in [0.5, 0.6) is 0 Å². The first-order chi connectivity index (χ1) is 17.2. The van der Waals surface area contributed by atoms with Crippen molar-refractivity contribution in [3.63, 3.8) is 0 Å². The second kappa shape index (κ2) is 10.8. The standard InChI is InChI=1S/C27H32N4O4S/c1-6-20-11-23(35-30-20)24(15(2)3)27(34)31-13-21(32)12-22(31)26(33)29-16(4)18-7-9-19(10-8-18)25-17(5)28-14-36-25/h6-11,14-16,21-22,24,32H,1,12-13H2,2-5H3,(H,29,33)/t16-,21+,22-,24+/m0/s1. The minimum absolute atomic E-state index is 0.0933. The van der Waals surface area contributed by atoms with Gasteiger partial charge in [0.05, 0.1) is 28.2 Å². The Bertz CT molecular complexity index is 1230. The number of aromatic nitrogens is 2. The lowest BCUT2D eigenvalue weighted by atomic mass is 9.91. The van der Waals surface area contributed by atoms with Crippen molar-refractivity contribution in [1.29, 1.82) is 0 Å². The van der Waals surface area contributed by atoms with Crippen LogP contribution in [0, 0.1) is 12.8 Å². The van der Waals surface area contributed by atoms with Gasteiger partial charge in [-0.3, -0.25) is 9.59 Å². The molecule has 3 heterocycles. The molecule has 8 nitrogen and oxygen atoms in total. The Hall–Kier alpha value is -3.30. The topological polar surface area (TPSA) is 109 Å². The SMILES string of the molecule is C=Cc1cc([C@H](C(=O)N2C[C@H](O)C[C@H]2C(=O)N[C@@H](C)c2ccc(-c3scnc3C)cc2)C(C)C)on1. The molecule has 4 atom stereocenters. The Morgan fingerprint density at radius 3 is 2.58 bits per heavy atom. The van der Waals surface area contributed by atoms with E-state index in [0.29, 0.717) is 11.5 Å². The number of benzene rings is 1. The zero-order valence-electron chi connectivity index (χ0n) is 21.0. The van der Waals surface area contributed by atoms with Gasteiger partial charge >= 0.3 is 0 Å². The van der Waals surface area contributed by atoms with Crippen molar-refractivity contribution in [2.75, 3.05) is 6.54 Å². The number of aliphatic hydroxyl groups excluding tert-OH is 1. The summed E-state index contributed by atoms with van der Waals surface area (Å²) in [6.45, 7) is 11.5. The van der Waals surface area contributed by atoms with Crippen LogP contribution in [0.25, 0.3) is 16.5 Å². The lowest BCUT2D eigenvalue weighted by Crippen LogP contribution is -2.48. The van der Waals surface area contributed by atoms with Crippen molar-refractivity contribution in [2.24, 2.45) is 5.92 Å². The van der Waals surface area contributed by atoms with Gasteiger partial charge in [-0.2, -0.15) is 0 Å². The van der Waals surface area contributed by atoms with E-state index in [-0.39, 0.29) is 36.7 Å².